The van der Waals surface area contributed by atoms with Crippen molar-refractivity contribution in [1.29, 1.82) is 0 Å². The number of carbonyl (C=O) groups is 2. The number of ether oxygens (including phenoxy) is 1. The second-order valence-corrected chi connectivity index (χ2v) is 6.93. The van der Waals surface area contributed by atoms with Crippen molar-refractivity contribution in [3.8, 4) is 0 Å². The molecule has 3 aromatic carbocycles. The topological polar surface area (TPSA) is 55.4 Å². The van der Waals surface area contributed by atoms with Crippen molar-refractivity contribution < 1.29 is 36.3 Å². The van der Waals surface area contributed by atoms with Gasteiger partial charge in [-0.2, -0.15) is 13.2 Å². The Morgan fingerprint density at radius 2 is 1.62 bits per heavy atom. The first-order valence-corrected chi connectivity index (χ1v) is 9.32. The monoisotopic (exact) mass is 469 g/mol. The van der Waals surface area contributed by atoms with Crippen LogP contribution in [0.15, 0.2) is 66.7 Å². The highest BCUT2D eigenvalue weighted by Crippen LogP contribution is 2.37. The highest BCUT2D eigenvalue weighted by molar-refractivity contribution is 6.30. The van der Waals surface area contributed by atoms with Crippen LogP contribution in [0.3, 0.4) is 0 Å². The third-order valence-electron chi connectivity index (χ3n) is 4.26. The number of alkyl halides is 3. The van der Waals surface area contributed by atoms with Gasteiger partial charge in [0.2, 0.25) is 6.10 Å². The number of hydrogen-bond donors (Lipinski definition) is 1. The van der Waals surface area contributed by atoms with Crippen molar-refractivity contribution in [1.82, 2.24) is 0 Å². The summed E-state index contributed by atoms with van der Waals surface area (Å²) in [6.45, 7) is 0. The van der Waals surface area contributed by atoms with Gasteiger partial charge in [0.1, 0.15) is 11.6 Å². The molecule has 0 saturated carbocycles. The van der Waals surface area contributed by atoms with E-state index in [0.29, 0.717) is 12.1 Å². The molecule has 0 aliphatic rings. The molecule has 32 heavy (non-hydrogen) atoms. The van der Waals surface area contributed by atoms with Crippen LogP contribution in [-0.4, -0.2) is 11.9 Å². The summed E-state index contributed by atoms with van der Waals surface area (Å²) in [6, 6.07) is 12.2. The van der Waals surface area contributed by atoms with Crippen molar-refractivity contribution in [3.05, 3.63) is 100 Å². The molecule has 1 amide bonds. The quantitative estimate of drug-likeness (QED) is 0.359. The van der Waals surface area contributed by atoms with Crippen LogP contribution >= 0.6 is 11.6 Å². The second kappa shape index (κ2) is 9.35. The highest BCUT2D eigenvalue weighted by Gasteiger charge is 2.35. The number of esters is 1. The van der Waals surface area contributed by atoms with Crippen LogP contribution in [0, 0.1) is 11.6 Å². The molecule has 3 aromatic rings. The van der Waals surface area contributed by atoms with Crippen LogP contribution < -0.4 is 5.32 Å². The Morgan fingerprint density at radius 3 is 2.25 bits per heavy atom. The molecule has 0 spiro atoms. The summed E-state index contributed by atoms with van der Waals surface area (Å²) in [5.74, 6) is -4.59. The normalized spacial score (nSPS) is 12.2. The molecule has 0 fully saturated rings. The SMILES string of the molecule is O=C(OC(C(=O)Nc1ccc(Cl)cc1C(F)(F)F)c1ccccc1)c1ccc(F)cc1F. The Bertz CT molecular complexity index is 1150. The number of rotatable bonds is 5. The summed E-state index contributed by atoms with van der Waals surface area (Å²) in [7, 11) is 0. The van der Waals surface area contributed by atoms with Gasteiger partial charge < -0.3 is 10.1 Å². The lowest BCUT2D eigenvalue weighted by Crippen LogP contribution is -2.27. The number of nitrogens with one attached hydrogen (secondary N) is 1. The average molecular weight is 470 g/mol. The van der Waals surface area contributed by atoms with E-state index in [-0.39, 0.29) is 10.6 Å². The van der Waals surface area contributed by atoms with Gasteiger partial charge in [-0.1, -0.05) is 41.9 Å². The van der Waals surface area contributed by atoms with E-state index in [9.17, 15) is 31.5 Å². The van der Waals surface area contributed by atoms with Crippen LogP contribution in [-0.2, 0) is 15.7 Å². The number of anilines is 1. The fraction of sp³-hybridized carbons (Fsp3) is 0.0909. The van der Waals surface area contributed by atoms with Gasteiger partial charge in [-0.3, -0.25) is 4.79 Å². The van der Waals surface area contributed by atoms with E-state index in [2.05, 4.69) is 5.32 Å². The van der Waals surface area contributed by atoms with Crippen LogP contribution in [0.1, 0.15) is 27.6 Å². The molecule has 0 saturated heterocycles. The van der Waals surface area contributed by atoms with E-state index in [1.165, 1.54) is 24.3 Å². The molecular weight excluding hydrogens is 457 g/mol. The van der Waals surface area contributed by atoms with Crippen LogP contribution in [0.2, 0.25) is 5.02 Å². The van der Waals surface area contributed by atoms with E-state index >= 15 is 0 Å². The predicted octanol–water partition coefficient (Wildman–Crippen LogP) is 6.17. The predicted molar refractivity (Wildman–Crippen MR) is 106 cm³/mol. The number of halogens is 6. The van der Waals surface area contributed by atoms with Gasteiger partial charge in [0.25, 0.3) is 5.91 Å². The maximum atomic E-state index is 13.9. The summed E-state index contributed by atoms with van der Waals surface area (Å²) in [5.41, 5.74) is -2.36. The van der Waals surface area contributed by atoms with Crippen molar-refractivity contribution in [2.45, 2.75) is 12.3 Å². The first-order valence-electron chi connectivity index (χ1n) is 8.95. The van der Waals surface area contributed by atoms with E-state index < -0.39 is 52.6 Å². The maximum absolute atomic E-state index is 13.9. The lowest BCUT2D eigenvalue weighted by Gasteiger charge is -2.20. The van der Waals surface area contributed by atoms with E-state index in [4.69, 9.17) is 16.3 Å². The molecule has 1 N–H and O–H groups in total. The van der Waals surface area contributed by atoms with Crippen LogP contribution in [0.5, 0.6) is 0 Å². The standard InChI is InChI=1S/C22H13ClF5NO3/c23-13-6-9-18(16(10-13)22(26,27)28)29-20(30)19(12-4-2-1-3-5-12)32-21(31)15-8-7-14(24)11-17(15)25/h1-11,19H,(H,29,30). The molecular formula is C22H13ClF5NO3. The smallest absolute Gasteiger partial charge is 0.418 e. The van der Waals surface area contributed by atoms with Crippen LogP contribution in [0.4, 0.5) is 27.6 Å². The van der Waals surface area contributed by atoms with Crippen molar-refractivity contribution >= 4 is 29.2 Å². The zero-order valence-corrected chi connectivity index (χ0v) is 16.7. The number of hydrogen-bond acceptors (Lipinski definition) is 3. The molecule has 1 unspecified atom stereocenters. The van der Waals surface area contributed by atoms with E-state index in [0.717, 1.165) is 24.3 Å². The Kier molecular flexibility index (Phi) is 6.78. The first kappa shape index (κ1) is 23.2. The minimum absolute atomic E-state index is 0.114. The Labute approximate surface area is 183 Å². The molecule has 10 heteroatoms. The third-order valence-corrected chi connectivity index (χ3v) is 4.50. The second-order valence-electron chi connectivity index (χ2n) is 6.50. The Morgan fingerprint density at radius 1 is 0.938 bits per heavy atom. The average Bonchev–Trinajstić information content (AvgIpc) is 2.73. The lowest BCUT2D eigenvalue weighted by atomic mass is 10.1. The van der Waals surface area contributed by atoms with E-state index in [1.54, 1.807) is 6.07 Å². The molecule has 3 rings (SSSR count). The largest absolute Gasteiger partial charge is 0.444 e. The number of benzene rings is 3. The van der Waals surface area contributed by atoms with E-state index in [1.807, 2.05) is 0 Å². The zero-order valence-electron chi connectivity index (χ0n) is 15.9. The zero-order chi connectivity index (χ0) is 23.5. The summed E-state index contributed by atoms with van der Waals surface area (Å²) >= 11 is 5.64. The molecule has 0 aliphatic carbocycles. The molecule has 0 radical (unpaired) electrons. The fourth-order valence-electron chi connectivity index (χ4n) is 2.78. The van der Waals surface area contributed by atoms with Gasteiger partial charge in [-0.05, 0) is 30.3 Å². The fourth-order valence-corrected chi connectivity index (χ4v) is 2.96. The summed E-state index contributed by atoms with van der Waals surface area (Å²) in [4.78, 5) is 25.3. The van der Waals surface area contributed by atoms with Gasteiger partial charge in [-0.25, -0.2) is 13.6 Å². The third kappa shape index (κ3) is 5.42. The minimum Gasteiger partial charge on any atom is -0.444 e. The van der Waals surface area contributed by atoms with Gasteiger partial charge >= 0.3 is 12.1 Å². The van der Waals surface area contributed by atoms with Crippen molar-refractivity contribution in [2.75, 3.05) is 5.32 Å². The van der Waals surface area contributed by atoms with Gasteiger partial charge in [0, 0.05) is 16.7 Å². The highest BCUT2D eigenvalue weighted by atomic mass is 35.5. The molecule has 0 aromatic heterocycles. The Balaban J connectivity index is 1.94. The van der Waals surface area contributed by atoms with Gasteiger partial charge in [0.05, 0.1) is 16.8 Å². The maximum Gasteiger partial charge on any atom is 0.418 e. The van der Waals surface area contributed by atoms with Crippen LogP contribution in [0.25, 0.3) is 0 Å². The molecule has 0 bridgehead atoms. The lowest BCUT2D eigenvalue weighted by molar-refractivity contribution is -0.137. The molecule has 0 aliphatic heterocycles. The first-order chi connectivity index (χ1) is 15.1. The molecule has 4 nitrogen and oxygen atoms in total. The molecule has 0 heterocycles. The molecule has 166 valence electrons. The number of amides is 1. The summed E-state index contributed by atoms with van der Waals surface area (Å²) < 4.78 is 72.2. The molecule has 1 atom stereocenters. The minimum atomic E-state index is -4.83. The Hall–Kier alpha value is -3.46. The summed E-state index contributed by atoms with van der Waals surface area (Å²) in [5, 5.41) is 1.87. The van der Waals surface area contributed by atoms with Gasteiger partial charge in [0.15, 0.2) is 0 Å². The van der Waals surface area contributed by atoms with Crippen molar-refractivity contribution in [3.63, 3.8) is 0 Å². The summed E-state index contributed by atoms with van der Waals surface area (Å²) in [6.07, 6.45) is -6.56. The number of carbonyl (C=O) groups excluding carboxylic acids is 2. The van der Waals surface area contributed by atoms with Crippen molar-refractivity contribution in [2.24, 2.45) is 0 Å². The van der Waals surface area contributed by atoms with Gasteiger partial charge in [-0.15, -0.1) is 0 Å².